The van der Waals surface area contributed by atoms with Crippen molar-refractivity contribution >= 4 is 23.3 Å². The molecule has 0 fully saturated rings. The molecular formula is C12H16ClNO2. The summed E-state index contributed by atoms with van der Waals surface area (Å²) in [5.41, 5.74) is 6.34. The predicted octanol–water partition coefficient (Wildman–Crippen LogP) is 3.14. The maximum atomic E-state index is 11.3. The molecule has 0 radical (unpaired) electrons. The molecule has 0 bridgehead atoms. The first-order valence-electron chi connectivity index (χ1n) is 5.02. The monoisotopic (exact) mass is 241 g/mol. The zero-order valence-electron chi connectivity index (χ0n) is 9.62. The molecule has 0 aliphatic rings. The number of anilines is 1. The first-order chi connectivity index (χ1) is 7.25. The van der Waals surface area contributed by atoms with Crippen LogP contribution >= 0.6 is 11.6 Å². The van der Waals surface area contributed by atoms with Crippen molar-refractivity contribution in [1.29, 1.82) is 0 Å². The van der Waals surface area contributed by atoms with Gasteiger partial charge in [-0.25, -0.2) is 0 Å². The minimum Gasteiger partial charge on any atom is -0.481 e. The number of nitrogens with two attached hydrogens (primary N) is 1. The average Bonchev–Trinajstić information content (AvgIpc) is 2.09. The van der Waals surface area contributed by atoms with Gasteiger partial charge in [0.2, 0.25) is 0 Å². The summed E-state index contributed by atoms with van der Waals surface area (Å²) in [7, 11) is 0. The summed E-state index contributed by atoms with van der Waals surface area (Å²) in [5.74, 6) is -1.55. The molecule has 1 rings (SSSR count). The molecule has 0 heterocycles. The van der Waals surface area contributed by atoms with Crippen LogP contribution < -0.4 is 5.73 Å². The number of carbonyl (C=O) groups is 1. The highest BCUT2D eigenvalue weighted by Crippen LogP contribution is 2.39. The topological polar surface area (TPSA) is 63.3 Å². The van der Waals surface area contributed by atoms with E-state index in [2.05, 4.69) is 0 Å². The standard InChI is InChI=1S/C12H16ClNO2/c1-12(2,3)9(11(15)16)7-5-4-6-8(13)10(7)14/h4-6,9H,14H2,1-3H3,(H,15,16). The van der Waals surface area contributed by atoms with Crippen molar-refractivity contribution in [3.8, 4) is 0 Å². The van der Waals surface area contributed by atoms with E-state index in [0.717, 1.165) is 0 Å². The number of hydrogen-bond donors (Lipinski definition) is 2. The maximum absolute atomic E-state index is 11.3. The molecule has 0 saturated carbocycles. The van der Waals surface area contributed by atoms with Gasteiger partial charge in [0, 0.05) is 0 Å². The molecule has 0 saturated heterocycles. The van der Waals surface area contributed by atoms with Gasteiger partial charge in [0.1, 0.15) is 0 Å². The Morgan fingerprint density at radius 1 is 1.44 bits per heavy atom. The second kappa shape index (κ2) is 4.34. The van der Waals surface area contributed by atoms with E-state index >= 15 is 0 Å². The smallest absolute Gasteiger partial charge is 0.311 e. The molecule has 1 aromatic rings. The number of nitrogen functional groups attached to an aromatic ring is 1. The van der Waals surface area contributed by atoms with Crippen LogP contribution in [0.2, 0.25) is 5.02 Å². The zero-order chi connectivity index (χ0) is 12.5. The van der Waals surface area contributed by atoms with Crippen LogP contribution in [-0.4, -0.2) is 11.1 Å². The van der Waals surface area contributed by atoms with Gasteiger partial charge in [0.05, 0.1) is 16.6 Å². The number of rotatable bonds is 2. The predicted molar refractivity (Wildman–Crippen MR) is 65.7 cm³/mol. The van der Waals surface area contributed by atoms with Crippen LogP contribution in [0, 0.1) is 5.41 Å². The van der Waals surface area contributed by atoms with Gasteiger partial charge in [0.25, 0.3) is 0 Å². The molecule has 1 unspecified atom stereocenters. The van der Waals surface area contributed by atoms with Crippen LogP contribution in [0.4, 0.5) is 5.69 Å². The van der Waals surface area contributed by atoms with Crippen LogP contribution in [0.25, 0.3) is 0 Å². The van der Waals surface area contributed by atoms with Crippen LogP contribution in [0.5, 0.6) is 0 Å². The normalized spacial score (nSPS) is 13.5. The lowest BCUT2D eigenvalue weighted by molar-refractivity contribution is -0.141. The molecule has 0 amide bonds. The van der Waals surface area contributed by atoms with E-state index in [9.17, 15) is 9.90 Å². The summed E-state index contributed by atoms with van der Waals surface area (Å²) in [5, 5.41) is 9.68. The molecule has 0 aliphatic heterocycles. The summed E-state index contributed by atoms with van der Waals surface area (Å²) in [4.78, 5) is 11.3. The third-order valence-electron chi connectivity index (χ3n) is 2.51. The van der Waals surface area contributed by atoms with Crippen molar-refractivity contribution in [3.63, 3.8) is 0 Å². The average molecular weight is 242 g/mol. The number of halogens is 1. The number of aliphatic carboxylic acids is 1. The Labute approximate surface area is 100 Å². The highest BCUT2D eigenvalue weighted by molar-refractivity contribution is 6.33. The lowest BCUT2D eigenvalue weighted by Crippen LogP contribution is -2.27. The van der Waals surface area contributed by atoms with Gasteiger partial charge in [-0.2, -0.15) is 0 Å². The Morgan fingerprint density at radius 2 is 2.00 bits per heavy atom. The van der Waals surface area contributed by atoms with E-state index < -0.39 is 17.3 Å². The second-order valence-corrected chi connectivity index (χ2v) is 5.29. The number of carboxylic acids is 1. The Hall–Kier alpha value is -1.22. The molecule has 0 aliphatic carbocycles. The highest BCUT2D eigenvalue weighted by Gasteiger charge is 2.34. The number of benzene rings is 1. The molecule has 0 aromatic heterocycles. The van der Waals surface area contributed by atoms with E-state index in [0.29, 0.717) is 16.3 Å². The van der Waals surface area contributed by atoms with Crippen LogP contribution in [0.1, 0.15) is 32.3 Å². The summed E-state index contributed by atoms with van der Waals surface area (Å²) < 4.78 is 0. The zero-order valence-corrected chi connectivity index (χ0v) is 10.4. The molecule has 4 heteroatoms. The highest BCUT2D eigenvalue weighted by atomic mass is 35.5. The Kier molecular flexibility index (Phi) is 3.48. The van der Waals surface area contributed by atoms with E-state index in [1.165, 1.54) is 0 Å². The van der Waals surface area contributed by atoms with Crippen molar-refractivity contribution in [2.24, 2.45) is 5.41 Å². The Bertz CT molecular complexity index is 410. The fourth-order valence-corrected chi connectivity index (χ4v) is 1.96. The summed E-state index contributed by atoms with van der Waals surface area (Å²) >= 11 is 5.89. The largest absolute Gasteiger partial charge is 0.481 e. The van der Waals surface area contributed by atoms with Crippen LogP contribution in [-0.2, 0) is 4.79 Å². The Morgan fingerprint density at radius 3 is 2.44 bits per heavy atom. The molecule has 1 atom stereocenters. The molecule has 0 spiro atoms. The van der Waals surface area contributed by atoms with Gasteiger partial charge in [-0.1, -0.05) is 44.5 Å². The quantitative estimate of drug-likeness (QED) is 0.782. The van der Waals surface area contributed by atoms with Crippen LogP contribution in [0.15, 0.2) is 18.2 Å². The summed E-state index contributed by atoms with van der Waals surface area (Å²) in [6.07, 6.45) is 0. The summed E-state index contributed by atoms with van der Waals surface area (Å²) in [6, 6.07) is 5.09. The third-order valence-corrected chi connectivity index (χ3v) is 2.84. The van der Waals surface area contributed by atoms with Crippen LogP contribution in [0.3, 0.4) is 0 Å². The minimum atomic E-state index is -0.888. The van der Waals surface area contributed by atoms with E-state index in [4.69, 9.17) is 17.3 Å². The summed E-state index contributed by atoms with van der Waals surface area (Å²) in [6.45, 7) is 5.60. The maximum Gasteiger partial charge on any atom is 0.311 e. The lowest BCUT2D eigenvalue weighted by atomic mass is 9.76. The van der Waals surface area contributed by atoms with E-state index in [-0.39, 0.29) is 0 Å². The molecule has 88 valence electrons. The van der Waals surface area contributed by atoms with Gasteiger partial charge in [-0.3, -0.25) is 4.79 Å². The number of para-hydroxylation sites is 1. The molecule has 1 aromatic carbocycles. The number of hydrogen-bond acceptors (Lipinski definition) is 2. The van der Waals surface area contributed by atoms with Crippen molar-refractivity contribution < 1.29 is 9.90 Å². The Balaban J connectivity index is 3.33. The van der Waals surface area contributed by atoms with E-state index in [1.807, 2.05) is 20.8 Å². The molecular weight excluding hydrogens is 226 g/mol. The first-order valence-corrected chi connectivity index (χ1v) is 5.39. The number of carboxylic acid groups (broad SMARTS) is 1. The second-order valence-electron chi connectivity index (χ2n) is 4.88. The van der Waals surface area contributed by atoms with Gasteiger partial charge in [-0.15, -0.1) is 0 Å². The van der Waals surface area contributed by atoms with Gasteiger partial charge >= 0.3 is 5.97 Å². The van der Waals surface area contributed by atoms with E-state index in [1.54, 1.807) is 18.2 Å². The van der Waals surface area contributed by atoms with Gasteiger partial charge in [0.15, 0.2) is 0 Å². The molecule has 16 heavy (non-hydrogen) atoms. The van der Waals surface area contributed by atoms with Crippen molar-refractivity contribution in [3.05, 3.63) is 28.8 Å². The van der Waals surface area contributed by atoms with Crippen molar-refractivity contribution in [2.75, 3.05) is 5.73 Å². The third kappa shape index (κ3) is 2.47. The molecule has 3 N–H and O–H groups in total. The first kappa shape index (κ1) is 12.8. The fraction of sp³-hybridized carbons (Fsp3) is 0.417. The van der Waals surface area contributed by atoms with Gasteiger partial charge < -0.3 is 10.8 Å². The molecule has 3 nitrogen and oxygen atoms in total. The SMILES string of the molecule is CC(C)(C)C(C(=O)O)c1cccc(Cl)c1N. The van der Waals surface area contributed by atoms with Gasteiger partial charge in [-0.05, 0) is 17.0 Å². The fourth-order valence-electron chi connectivity index (χ4n) is 1.78. The van der Waals surface area contributed by atoms with Crippen molar-refractivity contribution in [1.82, 2.24) is 0 Å². The van der Waals surface area contributed by atoms with Crippen molar-refractivity contribution in [2.45, 2.75) is 26.7 Å². The minimum absolute atomic E-state index is 0.353. The lowest BCUT2D eigenvalue weighted by Gasteiger charge is -2.28.